The van der Waals surface area contributed by atoms with Crippen LogP contribution in [0, 0.1) is 16.4 Å². The molecule has 0 aromatic heterocycles. The van der Waals surface area contributed by atoms with Gasteiger partial charge in [-0.25, -0.2) is 4.79 Å². The Morgan fingerprint density at radius 2 is 1.93 bits per heavy atom. The molecule has 1 aliphatic heterocycles. The minimum atomic E-state index is -0.858. The minimum absolute atomic E-state index is 0. The Balaban J connectivity index is 0.00000210. The van der Waals surface area contributed by atoms with Crippen molar-refractivity contribution in [3.05, 3.63) is 67.8 Å². The van der Waals surface area contributed by atoms with Crippen LogP contribution in [-0.4, -0.2) is 35.6 Å². The van der Waals surface area contributed by atoms with Gasteiger partial charge in [-0.1, -0.05) is 25.1 Å². The summed E-state index contributed by atoms with van der Waals surface area (Å²) in [6, 6.07) is 12.3. The number of hydrogen-bond donors (Lipinski definition) is 1. The molecule has 1 fully saturated rings. The zero-order valence-electron chi connectivity index (χ0n) is 15.6. The van der Waals surface area contributed by atoms with Crippen molar-refractivity contribution in [3.8, 4) is 0 Å². The average Bonchev–Trinajstić information content (AvgIpc) is 2.94. The van der Waals surface area contributed by atoms with Crippen molar-refractivity contribution in [2.45, 2.75) is 32.1 Å². The van der Waals surface area contributed by atoms with E-state index in [1.54, 1.807) is 12.1 Å². The van der Waals surface area contributed by atoms with Gasteiger partial charge in [-0.05, 0) is 95.4 Å². The van der Waals surface area contributed by atoms with Crippen LogP contribution in [0.1, 0.15) is 57.8 Å². The summed E-state index contributed by atoms with van der Waals surface area (Å²) in [5.74, 6) is 0.716. The van der Waals surface area contributed by atoms with E-state index in [1.807, 2.05) is 12.1 Å². The summed E-state index contributed by atoms with van der Waals surface area (Å²) in [5, 5.41) is 9.20. The van der Waals surface area contributed by atoms with Gasteiger partial charge in [0.25, 0.3) is 0 Å². The first-order chi connectivity index (χ1) is 12.5. The molecule has 2 aliphatic rings. The molecular formula is C22H25ClINO2. The molecule has 0 amide bonds. The zero-order chi connectivity index (χ0) is 18.4. The number of piperidine rings is 1. The summed E-state index contributed by atoms with van der Waals surface area (Å²) in [4.78, 5) is 13.8. The molecule has 2 aromatic carbocycles. The highest BCUT2D eigenvalue weighted by atomic mass is 127. The molecule has 1 saturated heterocycles. The molecule has 27 heavy (non-hydrogen) atoms. The number of carboxylic acids is 1. The lowest BCUT2D eigenvalue weighted by molar-refractivity contribution is 0.0697. The van der Waals surface area contributed by atoms with Gasteiger partial charge in [0.15, 0.2) is 0 Å². The molecule has 1 N–H and O–H groups in total. The van der Waals surface area contributed by atoms with Crippen molar-refractivity contribution in [2.75, 3.05) is 19.6 Å². The molecule has 4 rings (SSSR count). The summed E-state index contributed by atoms with van der Waals surface area (Å²) in [5.41, 5.74) is 5.93. The third-order valence-electron chi connectivity index (χ3n) is 6.24. The number of carboxylic acid groups (broad SMARTS) is 1. The number of fused-ring (bicyclic) bond motifs is 3. The number of aryl methyl sites for hydroxylation is 1. The molecule has 1 aliphatic carbocycles. The third-order valence-corrected chi connectivity index (χ3v) is 7.40. The summed E-state index contributed by atoms with van der Waals surface area (Å²) in [6.45, 7) is 7.84. The van der Waals surface area contributed by atoms with Crippen LogP contribution >= 0.6 is 35.0 Å². The summed E-state index contributed by atoms with van der Waals surface area (Å²) < 4.78 is 1.34. The number of carbonyl (C=O) groups is 1. The lowest BCUT2D eigenvalue weighted by Gasteiger charge is -2.37. The fourth-order valence-electron chi connectivity index (χ4n) is 4.85. The molecule has 0 saturated carbocycles. The van der Waals surface area contributed by atoms with Crippen LogP contribution in [0.3, 0.4) is 0 Å². The molecule has 1 heterocycles. The predicted molar refractivity (Wildman–Crippen MR) is 119 cm³/mol. The van der Waals surface area contributed by atoms with Crippen molar-refractivity contribution in [1.29, 1.82) is 0 Å². The standard InChI is InChI=1S/C22H24INO2.ClH/c1-3-24-9-8-16-19(12-24)17-11-20(23)13(2)10-18(17)21(16)14-4-6-15(7-5-14)22(25)26;/h4-7,10-11,16,19,21H,3,8-9,12H2,1-2H3,(H,25,26);1H. The van der Waals surface area contributed by atoms with Crippen LogP contribution in [0.2, 0.25) is 0 Å². The van der Waals surface area contributed by atoms with Crippen molar-refractivity contribution in [1.82, 2.24) is 4.90 Å². The Labute approximate surface area is 180 Å². The van der Waals surface area contributed by atoms with Gasteiger partial charge in [-0.15, -0.1) is 12.4 Å². The lowest BCUT2D eigenvalue weighted by atomic mass is 9.78. The number of likely N-dealkylation sites (tertiary alicyclic amines) is 1. The topological polar surface area (TPSA) is 40.5 Å². The van der Waals surface area contributed by atoms with E-state index >= 15 is 0 Å². The second-order valence-corrected chi connectivity index (χ2v) is 8.75. The molecule has 0 radical (unpaired) electrons. The van der Waals surface area contributed by atoms with Gasteiger partial charge in [0, 0.05) is 22.0 Å². The Morgan fingerprint density at radius 1 is 1.22 bits per heavy atom. The highest BCUT2D eigenvalue weighted by Gasteiger charge is 2.44. The molecule has 0 spiro atoms. The predicted octanol–water partition coefficient (Wildman–Crippen LogP) is 5.29. The van der Waals surface area contributed by atoms with Crippen LogP contribution < -0.4 is 0 Å². The van der Waals surface area contributed by atoms with Crippen LogP contribution in [0.5, 0.6) is 0 Å². The molecular weight excluding hydrogens is 473 g/mol. The Bertz CT molecular complexity index is 852. The monoisotopic (exact) mass is 497 g/mol. The maximum absolute atomic E-state index is 11.2. The maximum atomic E-state index is 11.2. The number of hydrogen-bond acceptors (Lipinski definition) is 2. The molecule has 0 bridgehead atoms. The fourth-order valence-corrected chi connectivity index (χ4v) is 5.34. The van der Waals surface area contributed by atoms with Crippen LogP contribution in [-0.2, 0) is 0 Å². The minimum Gasteiger partial charge on any atom is -0.478 e. The first-order valence-corrected chi connectivity index (χ1v) is 10.4. The van der Waals surface area contributed by atoms with Gasteiger partial charge < -0.3 is 10.0 Å². The van der Waals surface area contributed by atoms with Crippen molar-refractivity contribution < 1.29 is 9.90 Å². The molecule has 5 heteroatoms. The fraction of sp³-hybridized carbons (Fsp3) is 0.409. The first-order valence-electron chi connectivity index (χ1n) is 9.35. The van der Waals surface area contributed by atoms with E-state index in [0.29, 0.717) is 23.3 Å². The number of aromatic carboxylic acids is 1. The van der Waals surface area contributed by atoms with Crippen molar-refractivity contribution in [3.63, 3.8) is 0 Å². The summed E-state index contributed by atoms with van der Waals surface area (Å²) >= 11 is 2.45. The average molecular weight is 498 g/mol. The summed E-state index contributed by atoms with van der Waals surface area (Å²) in [6.07, 6.45) is 1.20. The van der Waals surface area contributed by atoms with Crippen LogP contribution in [0.4, 0.5) is 0 Å². The molecule has 3 unspecified atom stereocenters. The Hall–Kier alpha value is -1.11. The normalized spacial score (nSPS) is 24.0. The van der Waals surface area contributed by atoms with E-state index in [0.717, 1.165) is 19.6 Å². The van der Waals surface area contributed by atoms with Crippen molar-refractivity contribution >= 4 is 41.0 Å². The number of likely N-dealkylation sites (N-methyl/N-ethyl adjacent to an activating group) is 1. The molecule has 144 valence electrons. The van der Waals surface area contributed by atoms with Gasteiger partial charge in [0.1, 0.15) is 0 Å². The number of rotatable bonds is 3. The Kier molecular flexibility index (Phi) is 6.18. The van der Waals surface area contributed by atoms with Gasteiger partial charge >= 0.3 is 5.97 Å². The Morgan fingerprint density at radius 3 is 2.56 bits per heavy atom. The van der Waals surface area contributed by atoms with Crippen LogP contribution in [0.15, 0.2) is 36.4 Å². The summed E-state index contributed by atoms with van der Waals surface area (Å²) in [7, 11) is 0. The van der Waals surface area contributed by atoms with E-state index in [4.69, 9.17) is 0 Å². The van der Waals surface area contributed by atoms with E-state index in [2.05, 4.69) is 53.5 Å². The smallest absolute Gasteiger partial charge is 0.335 e. The van der Waals surface area contributed by atoms with E-state index in [9.17, 15) is 9.90 Å². The van der Waals surface area contributed by atoms with Gasteiger partial charge in [0.2, 0.25) is 0 Å². The quantitative estimate of drug-likeness (QED) is 0.586. The highest BCUT2D eigenvalue weighted by molar-refractivity contribution is 14.1. The van der Waals surface area contributed by atoms with Crippen molar-refractivity contribution in [2.24, 2.45) is 5.92 Å². The second kappa shape index (κ2) is 8.10. The van der Waals surface area contributed by atoms with Gasteiger partial charge in [0.05, 0.1) is 5.56 Å². The zero-order valence-corrected chi connectivity index (χ0v) is 18.6. The second-order valence-electron chi connectivity index (χ2n) is 7.59. The molecule has 2 aromatic rings. The number of benzene rings is 2. The molecule has 3 atom stereocenters. The first kappa shape index (κ1) is 20.6. The number of nitrogens with zero attached hydrogens (tertiary/aromatic N) is 1. The van der Waals surface area contributed by atoms with E-state index in [1.165, 1.54) is 32.2 Å². The maximum Gasteiger partial charge on any atom is 0.335 e. The molecule has 3 nitrogen and oxygen atoms in total. The highest BCUT2D eigenvalue weighted by Crippen LogP contribution is 2.53. The number of halogens is 2. The van der Waals surface area contributed by atoms with E-state index < -0.39 is 5.97 Å². The van der Waals surface area contributed by atoms with Gasteiger partial charge in [-0.3, -0.25) is 0 Å². The largest absolute Gasteiger partial charge is 0.478 e. The van der Waals surface area contributed by atoms with Gasteiger partial charge in [-0.2, -0.15) is 0 Å². The third kappa shape index (κ3) is 3.64. The lowest BCUT2D eigenvalue weighted by Crippen LogP contribution is -2.38. The SMILES string of the molecule is CCN1CCC2C(C1)c1cc(I)c(C)cc1C2c1ccc(C(=O)O)cc1.Cl. The van der Waals surface area contributed by atoms with E-state index in [-0.39, 0.29) is 12.4 Å². The van der Waals surface area contributed by atoms with Crippen LogP contribution in [0.25, 0.3) is 0 Å².